The van der Waals surface area contributed by atoms with Crippen LogP contribution in [0.3, 0.4) is 0 Å². The Morgan fingerprint density at radius 2 is 1.52 bits per heavy atom. The number of aryl methyl sites for hydroxylation is 3. The summed E-state index contributed by atoms with van der Waals surface area (Å²) in [4.78, 5) is 33.2. The van der Waals surface area contributed by atoms with Crippen LogP contribution in [0.1, 0.15) is 29.2 Å². The van der Waals surface area contributed by atoms with Gasteiger partial charge in [-0.15, -0.1) is 0 Å². The van der Waals surface area contributed by atoms with Crippen molar-refractivity contribution in [3.05, 3.63) is 69.4 Å². The van der Waals surface area contributed by atoms with Gasteiger partial charge in [0.25, 0.3) is 11.8 Å². The molecule has 1 fully saturated rings. The summed E-state index contributed by atoms with van der Waals surface area (Å²) in [6.07, 6.45) is 0. The zero-order chi connectivity index (χ0) is 22.3. The largest absolute Gasteiger partial charge is 0.364 e. The molecule has 2 aromatic carbocycles. The van der Waals surface area contributed by atoms with Gasteiger partial charge in [0, 0.05) is 31.2 Å². The van der Waals surface area contributed by atoms with Crippen LogP contribution in [-0.4, -0.2) is 54.3 Å². The maximum atomic E-state index is 13.7. The Morgan fingerprint density at radius 1 is 0.839 bits per heavy atom. The van der Waals surface area contributed by atoms with Gasteiger partial charge in [-0.1, -0.05) is 42.8 Å². The van der Waals surface area contributed by atoms with Gasteiger partial charge in [0.15, 0.2) is 0 Å². The quantitative estimate of drug-likeness (QED) is 0.673. The first-order chi connectivity index (χ1) is 14.8. The van der Waals surface area contributed by atoms with Gasteiger partial charge in [-0.3, -0.25) is 9.59 Å². The molecule has 0 unspecified atom stereocenters. The lowest BCUT2D eigenvalue weighted by molar-refractivity contribution is -0.120. The molecule has 2 aliphatic heterocycles. The number of carbonyl (C=O) groups is 2. The van der Waals surface area contributed by atoms with Crippen molar-refractivity contribution in [3.8, 4) is 0 Å². The van der Waals surface area contributed by atoms with Gasteiger partial charge in [0.1, 0.15) is 5.70 Å². The third-order valence-corrected chi connectivity index (χ3v) is 6.64. The molecule has 162 valence electrons. The van der Waals surface area contributed by atoms with Crippen LogP contribution in [0.15, 0.2) is 42.1 Å². The lowest BCUT2D eigenvalue weighted by Gasteiger charge is -2.36. The zero-order valence-electron chi connectivity index (χ0n) is 18.5. The summed E-state index contributed by atoms with van der Waals surface area (Å²) in [7, 11) is 0. The Bertz CT molecular complexity index is 1080. The number of likely N-dealkylation sites (N-methyl/N-ethyl adjacent to an activating group) is 1. The van der Waals surface area contributed by atoms with Crippen LogP contribution in [0.25, 0.3) is 5.57 Å². The minimum atomic E-state index is -0.286. The van der Waals surface area contributed by atoms with Crippen molar-refractivity contribution in [1.82, 2.24) is 9.80 Å². The standard InChI is InChI=1S/C25H28ClN3O2/c1-5-27-10-12-28(13-11-27)23-22(19-8-6-16(2)18(4)14-19)24(30)29(25(23)31)21-15-20(26)9-7-17(21)3/h6-9,14-15H,5,10-13H2,1-4H3. The number of rotatable bonds is 4. The highest BCUT2D eigenvalue weighted by atomic mass is 35.5. The Morgan fingerprint density at radius 3 is 2.16 bits per heavy atom. The van der Waals surface area contributed by atoms with Crippen molar-refractivity contribution in [2.24, 2.45) is 0 Å². The summed E-state index contributed by atoms with van der Waals surface area (Å²) in [6.45, 7) is 12.3. The van der Waals surface area contributed by atoms with E-state index in [-0.39, 0.29) is 11.8 Å². The van der Waals surface area contributed by atoms with Gasteiger partial charge in [0.2, 0.25) is 0 Å². The molecule has 0 aliphatic carbocycles. The highest BCUT2D eigenvalue weighted by Gasteiger charge is 2.43. The summed E-state index contributed by atoms with van der Waals surface area (Å²) in [5.41, 5.74) is 5.41. The molecule has 1 saturated heterocycles. The smallest absolute Gasteiger partial charge is 0.282 e. The second-order valence-corrected chi connectivity index (χ2v) is 8.76. The van der Waals surface area contributed by atoms with E-state index >= 15 is 0 Å². The van der Waals surface area contributed by atoms with E-state index in [0.29, 0.717) is 22.0 Å². The number of anilines is 1. The fourth-order valence-corrected chi connectivity index (χ4v) is 4.46. The topological polar surface area (TPSA) is 43.9 Å². The number of hydrogen-bond donors (Lipinski definition) is 0. The molecule has 0 radical (unpaired) electrons. The first-order valence-electron chi connectivity index (χ1n) is 10.8. The zero-order valence-corrected chi connectivity index (χ0v) is 19.3. The van der Waals surface area contributed by atoms with E-state index in [9.17, 15) is 9.59 Å². The summed E-state index contributed by atoms with van der Waals surface area (Å²) >= 11 is 6.22. The number of carbonyl (C=O) groups excluding carboxylic acids is 2. The number of amides is 2. The fourth-order valence-electron chi connectivity index (χ4n) is 4.30. The number of piperazine rings is 1. The fraction of sp³-hybridized carbons (Fsp3) is 0.360. The first kappa shape index (κ1) is 21.6. The van der Waals surface area contributed by atoms with Crippen LogP contribution in [0.4, 0.5) is 5.69 Å². The van der Waals surface area contributed by atoms with E-state index in [4.69, 9.17) is 11.6 Å². The van der Waals surface area contributed by atoms with Crippen molar-refractivity contribution in [2.45, 2.75) is 27.7 Å². The minimum Gasteiger partial charge on any atom is -0.364 e. The van der Waals surface area contributed by atoms with Crippen molar-refractivity contribution in [1.29, 1.82) is 0 Å². The molecule has 0 atom stereocenters. The molecule has 0 N–H and O–H groups in total. The molecule has 0 aromatic heterocycles. The summed E-state index contributed by atoms with van der Waals surface area (Å²) in [5, 5.41) is 0.499. The van der Waals surface area contributed by atoms with Gasteiger partial charge in [0.05, 0.1) is 11.3 Å². The minimum absolute atomic E-state index is 0.270. The molecule has 0 bridgehead atoms. The van der Waals surface area contributed by atoms with E-state index in [1.807, 2.05) is 45.0 Å². The van der Waals surface area contributed by atoms with Gasteiger partial charge >= 0.3 is 0 Å². The van der Waals surface area contributed by atoms with Crippen LogP contribution in [-0.2, 0) is 9.59 Å². The van der Waals surface area contributed by atoms with Gasteiger partial charge in [-0.05, 0) is 61.7 Å². The lowest BCUT2D eigenvalue weighted by Crippen LogP contribution is -2.47. The Hall–Kier alpha value is -2.63. The number of imide groups is 1. The average molecular weight is 438 g/mol. The Balaban J connectivity index is 1.83. The second kappa shape index (κ2) is 8.48. The number of nitrogens with zero attached hydrogens (tertiary/aromatic N) is 3. The molecule has 6 heteroatoms. The third kappa shape index (κ3) is 3.88. The highest BCUT2D eigenvalue weighted by Crippen LogP contribution is 2.37. The monoisotopic (exact) mass is 437 g/mol. The number of halogens is 1. The van der Waals surface area contributed by atoms with Crippen LogP contribution >= 0.6 is 11.6 Å². The molecule has 4 rings (SSSR count). The summed E-state index contributed by atoms with van der Waals surface area (Å²) in [5.74, 6) is -0.555. The maximum Gasteiger partial charge on any atom is 0.282 e. The molecular weight excluding hydrogens is 410 g/mol. The number of benzene rings is 2. The predicted octanol–water partition coefficient (Wildman–Crippen LogP) is 4.19. The van der Waals surface area contributed by atoms with Crippen molar-refractivity contribution < 1.29 is 9.59 Å². The van der Waals surface area contributed by atoms with E-state index < -0.39 is 0 Å². The van der Waals surface area contributed by atoms with E-state index in [0.717, 1.165) is 55.0 Å². The summed E-state index contributed by atoms with van der Waals surface area (Å²) < 4.78 is 0. The van der Waals surface area contributed by atoms with E-state index in [2.05, 4.69) is 16.7 Å². The molecule has 2 aromatic rings. The second-order valence-electron chi connectivity index (χ2n) is 8.32. The van der Waals surface area contributed by atoms with Gasteiger partial charge in [-0.25, -0.2) is 4.90 Å². The predicted molar refractivity (Wildman–Crippen MR) is 125 cm³/mol. The lowest BCUT2D eigenvalue weighted by atomic mass is 9.99. The van der Waals surface area contributed by atoms with E-state index in [1.165, 1.54) is 4.90 Å². The van der Waals surface area contributed by atoms with Crippen LogP contribution in [0.2, 0.25) is 5.02 Å². The average Bonchev–Trinajstić information content (AvgIpc) is 3.02. The molecule has 31 heavy (non-hydrogen) atoms. The maximum absolute atomic E-state index is 13.7. The Kier molecular flexibility index (Phi) is 5.91. The van der Waals surface area contributed by atoms with Crippen LogP contribution in [0, 0.1) is 20.8 Å². The van der Waals surface area contributed by atoms with Crippen molar-refractivity contribution in [3.63, 3.8) is 0 Å². The summed E-state index contributed by atoms with van der Waals surface area (Å²) in [6, 6.07) is 11.3. The van der Waals surface area contributed by atoms with Gasteiger partial charge < -0.3 is 9.80 Å². The molecule has 2 aliphatic rings. The van der Waals surface area contributed by atoms with Crippen molar-refractivity contribution >= 4 is 34.7 Å². The molecular formula is C25H28ClN3O2. The normalized spacial score (nSPS) is 17.8. The molecule has 0 spiro atoms. The van der Waals surface area contributed by atoms with Crippen molar-refractivity contribution in [2.75, 3.05) is 37.6 Å². The first-order valence-corrected chi connectivity index (χ1v) is 11.1. The highest BCUT2D eigenvalue weighted by molar-refractivity contribution is 6.45. The molecule has 0 saturated carbocycles. The Labute approximate surface area is 188 Å². The SMILES string of the molecule is CCN1CCN(C2=C(c3ccc(C)c(C)c3)C(=O)N(c3cc(Cl)ccc3C)C2=O)CC1. The van der Waals surface area contributed by atoms with E-state index in [1.54, 1.807) is 12.1 Å². The third-order valence-electron chi connectivity index (χ3n) is 6.40. The van der Waals surface area contributed by atoms with Crippen LogP contribution < -0.4 is 4.90 Å². The molecule has 2 amide bonds. The number of hydrogen-bond acceptors (Lipinski definition) is 4. The van der Waals surface area contributed by atoms with Gasteiger partial charge in [-0.2, -0.15) is 0 Å². The van der Waals surface area contributed by atoms with Crippen LogP contribution in [0.5, 0.6) is 0 Å². The molecule has 5 nitrogen and oxygen atoms in total. The molecule has 2 heterocycles.